The van der Waals surface area contributed by atoms with Crippen LogP contribution in [0, 0.1) is 23.2 Å². The fourth-order valence-corrected chi connectivity index (χ4v) is 5.18. The van der Waals surface area contributed by atoms with E-state index in [0.29, 0.717) is 24.2 Å². The van der Waals surface area contributed by atoms with Gasteiger partial charge >= 0.3 is 5.97 Å². The Hall–Kier alpha value is -0.570. The van der Waals surface area contributed by atoms with Crippen molar-refractivity contribution in [3.05, 3.63) is 0 Å². The van der Waals surface area contributed by atoms with Crippen molar-refractivity contribution in [3.63, 3.8) is 0 Å². The molecule has 3 heteroatoms. The molecule has 3 fully saturated rings. The fourth-order valence-electron chi connectivity index (χ4n) is 5.18. The maximum Gasteiger partial charge on any atom is 0.310 e. The molecule has 19 heavy (non-hydrogen) atoms. The van der Waals surface area contributed by atoms with Gasteiger partial charge in [0.1, 0.15) is 0 Å². The SMILES string of the molecule is O=C(O)C1(CC(O)CC2CCCC2)CC2CCC1C2. The molecular formula is C16H26O3. The Morgan fingerprint density at radius 2 is 1.95 bits per heavy atom. The molecule has 0 spiro atoms. The predicted octanol–water partition coefficient (Wildman–Crippen LogP) is 3.21. The molecule has 3 aliphatic carbocycles. The molecule has 108 valence electrons. The molecule has 3 rings (SSSR count). The molecule has 3 aliphatic rings. The first-order chi connectivity index (χ1) is 9.10. The van der Waals surface area contributed by atoms with E-state index in [1.54, 1.807) is 0 Å². The third kappa shape index (κ3) is 2.42. The van der Waals surface area contributed by atoms with E-state index >= 15 is 0 Å². The second-order valence-electron chi connectivity index (χ2n) is 7.29. The van der Waals surface area contributed by atoms with Gasteiger partial charge in [0.05, 0.1) is 11.5 Å². The molecule has 0 aliphatic heterocycles. The smallest absolute Gasteiger partial charge is 0.310 e. The Labute approximate surface area is 115 Å². The molecule has 0 amide bonds. The standard InChI is InChI=1S/C16H26O3/c17-14(8-11-3-1-2-4-11)10-16(15(18)19)9-12-5-6-13(16)7-12/h11-14,17H,1-10H2,(H,18,19). The van der Waals surface area contributed by atoms with Crippen LogP contribution < -0.4 is 0 Å². The number of aliphatic hydroxyl groups excluding tert-OH is 1. The summed E-state index contributed by atoms with van der Waals surface area (Å²) in [4.78, 5) is 11.8. The first-order valence-electron chi connectivity index (χ1n) is 8.01. The molecule has 0 saturated heterocycles. The summed E-state index contributed by atoms with van der Waals surface area (Å²) in [5.74, 6) is 0.928. The third-order valence-corrected chi connectivity index (χ3v) is 6.08. The number of fused-ring (bicyclic) bond motifs is 2. The number of carboxylic acid groups (broad SMARTS) is 1. The highest BCUT2D eigenvalue weighted by Gasteiger charge is 2.56. The van der Waals surface area contributed by atoms with Gasteiger partial charge in [-0.2, -0.15) is 0 Å². The van der Waals surface area contributed by atoms with Gasteiger partial charge in [-0.05, 0) is 49.9 Å². The van der Waals surface area contributed by atoms with E-state index in [1.165, 1.54) is 32.1 Å². The van der Waals surface area contributed by atoms with Crippen LogP contribution in [0.4, 0.5) is 0 Å². The van der Waals surface area contributed by atoms with E-state index in [9.17, 15) is 15.0 Å². The zero-order valence-corrected chi connectivity index (χ0v) is 11.7. The van der Waals surface area contributed by atoms with E-state index < -0.39 is 17.5 Å². The van der Waals surface area contributed by atoms with Crippen molar-refractivity contribution in [1.82, 2.24) is 0 Å². The van der Waals surface area contributed by atoms with Crippen LogP contribution in [0.15, 0.2) is 0 Å². The number of aliphatic hydroxyl groups is 1. The minimum Gasteiger partial charge on any atom is -0.481 e. The van der Waals surface area contributed by atoms with Crippen molar-refractivity contribution in [1.29, 1.82) is 0 Å². The van der Waals surface area contributed by atoms with Crippen molar-refractivity contribution in [2.45, 2.75) is 70.3 Å². The topological polar surface area (TPSA) is 57.5 Å². The molecule has 0 heterocycles. The summed E-state index contributed by atoms with van der Waals surface area (Å²) < 4.78 is 0. The van der Waals surface area contributed by atoms with Crippen molar-refractivity contribution in [2.75, 3.05) is 0 Å². The summed E-state index contributed by atoms with van der Waals surface area (Å²) in [7, 11) is 0. The van der Waals surface area contributed by atoms with Crippen LogP contribution in [-0.4, -0.2) is 22.3 Å². The summed E-state index contributed by atoms with van der Waals surface area (Å²) in [6.45, 7) is 0. The number of carboxylic acids is 1. The van der Waals surface area contributed by atoms with Crippen molar-refractivity contribution in [2.24, 2.45) is 23.2 Å². The van der Waals surface area contributed by atoms with Crippen LogP contribution >= 0.6 is 0 Å². The van der Waals surface area contributed by atoms with Crippen LogP contribution in [0.2, 0.25) is 0 Å². The Bertz CT molecular complexity index is 348. The number of carbonyl (C=O) groups is 1. The highest BCUT2D eigenvalue weighted by Crippen LogP contribution is 2.58. The summed E-state index contributed by atoms with van der Waals surface area (Å²) in [5, 5.41) is 20.0. The molecule has 2 N–H and O–H groups in total. The summed E-state index contributed by atoms with van der Waals surface area (Å²) in [5.41, 5.74) is -0.596. The molecule has 0 radical (unpaired) electrons. The molecule has 4 unspecified atom stereocenters. The van der Waals surface area contributed by atoms with E-state index in [0.717, 1.165) is 25.7 Å². The molecule has 4 atom stereocenters. The normalized spacial score (nSPS) is 39.8. The average Bonchev–Trinajstić information content (AvgIpc) is 3.04. The van der Waals surface area contributed by atoms with Gasteiger partial charge in [0, 0.05) is 0 Å². The molecular weight excluding hydrogens is 240 g/mol. The zero-order chi connectivity index (χ0) is 13.5. The quantitative estimate of drug-likeness (QED) is 0.803. The van der Waals surface area contributed by atoms with Crippen LogP contribution in [0.5, 0.6) is 0 Å². The third-order valence-electron chi connectivity index (χ3n) is 6.08. The van der Waals surface area contributed by atoms with Gasteiger partial charge in [-0.1, -0.05) is 32.1 Å². The summed E-state index contributed by atoms with van der Waals surface area (Å²) >= 11 is 0. The minimum absolute atomic E-state index is 0.327. The second kappa shape index (κ2) is 5.08. The first kappa shape index (κ1) is 13.4. The fraction of sp³-hybridized carbons (Fsp3) is 0.938. The van der Waals surface area contributed by atoms with Gasteiger partial charge in [0.15, 0.2) is 0 Å². The lowest BCUT2D eigenvalue weighted by atomic mass is 9.69. The maximum atomic E-state index is 11.8. The van der Waals surface area contributed by atoms with Crippen LogP contribution in [0.25, 0.3) is 0 Å². The van der Waals surface area contributed by atoms with E-state index in [1.807, 2.05) is 0 Å². The summed E-state index contributed by atoms with van der Waals surface area (Å²) in [6.07, 6.45) is 10.1. The Morgan fingerprint density at radius 1 is 1.21 bits per heavy atom. The minimum atomic E-state index is -0.648. The van der Waals surface area contributed by atoms with Crippen molar-refractivity contribution < 1.29 is 15.0 Å². The van der Waals surface area contributed by atoms with Gasteiger partial charge in [-0.3, -0.25) is 4.79 Å². The van der Waals surface area contributed by atoms with Gasteiger partial charge in [0.25, 0.3) is 0 Å². The van der Waals surface area contributed by atoms with E-state index in [-0.39, 0.29) is 0 Å². The molecule has 0 aromatic rings. The Kier molecular flexibility index (Phi) is 3.59. The molecule has 3 saturated carbocycles. The zero-order valence-electron chi connectivity index (χ0n) is 11.7. The van der Waals surface area contributed by atoms with Crippen molar-refractivity contribution >= 4 is 5.97 Å². The molecule has 3 nitrogen and oxygen atoms in total. The van der Waals surface area contributed by atoms with Crippen LogP contribution in [0.3, 0.4) is 0 Å². The van der Waals surface area contributed by atoms with Gasteiger partial charge in [-0.15, -0.1) is 0 Å². The number of aliphatic carboxylic acids is 1. The lowest BCUT2D eigenvalue weighted by Crippen LogP contribution is -2.40. The lowest BCUT2D eigenvalue weighted by molar-refractivity contribution is -0.155. The molecule has 0 aromatic carbocycles. The van der Waals surface area contributed by atoms with E-state index in [4.69, 9.17) is 0 Å². The summed E-state index contributed by atoms with van der Waals surface area (Å²) in [6, 6.07) is 0. The highest BCUT2D eigenvalue weighted by atomic mass is 16.4. The van der Waals surface area contributed by atoms with Gasteiger partial charge in [-0.25, -0.2) is 0 Å². The number of hydrogen-bond donors (Lipinski definition) is 2. The lowest BCUT2D eigenvalue weighted by Gasteiger charge is -2.35. The van der Waals surface area contributed by atoms with Gasteiger partial charge in [0.2, 0.25) is 0 Å². The van der Waals surface area contributed by atoms with Crippen molar-refractivity contribution in [3.8, 4) is 0 Å². The van der Waals surface area contributed by atoms with Crippen LogP contribution in [-0.2, 0) is 4.79 Å². The Balaban J connectivity index is 1.63. The Morgan fingerprint density at radius 3 is 2.47 bits per heavy atom. The molecule has 2 bridgehead atoms. The highest BCUT2D eigenvalue weighted by molar-refractivity contribution is 5.76. The van der Waals surface area contributed by atoms with Gasteiger partial charge < -0.3 is 10.2 Å². The predicted molar refractivity (Wildman–Crippen MR) is 72.7 cm³/mol. The van der Waals surface area contributed by atoms with Crippen LogP contribution in [0.1, 0.15) is 64.2 Å². The maximum absolute atomic E-state index is 11.8. The molecule has 0 aromatic heterocycles. The second-order valence-corrected chi connectivity index (χ2v) is 7.29. The largest absolute Gasteiger partial charge is 0.481 e. The first-order valence-corrected chi connectivity index (χ1v) is 8.01. The average molecular weight is 266 g/mol. The number of hydrogen-bond acceptors (Lipinski definition) is 2. The monoisotopic (exact) mass is 266 g/mol. The van der Waals surface area contributed by atoms with E-state index in [2.05, 4.69) is 0 Å². The number of rotatable bonds is 5.